The highest BCUT2D eigenvalue weighted by Gasteiger charge is 2.23. The molecule has 3 rings (SSSR count). The monoisotopic (exact) mass is 389 g/mol. The predicted octanol–water partition coefficient (Wildman–Crippen LogP) is 4.62. The molecule has 0 radical (unpaired) electrons. The minimum absolute atomic E-state index is 0.0942. The molecular weight excluding hydrogens is 372 g/mol. The second-order valence-electron chi connectivity index (χ2n) is 5.77. The Hall–Kier alpha value is -3.42. The third-order valence-corrected chi connectivity index (χ3v) is 3.93. The number of halogens is 2. The summed E-state index contributed by atoms with van der Waals surface area (Å²) in [6, 6.07) is 13.4. The molecule has 0 unspecified atom stereocenters. The molecule has 1 heterocycles. The van der Waals surface area contributed by atoms with E-state index in [1.54, 1.807) is 19.1 Å². The van der Waals surface area contributed by atoms with Crippen LogP contribution in [0, 0.1) is 6.92 Å². The van der Waals surface area contributed by atoms with Crippen molar-refractivity contribution < 1.29 is 32.3 Å². The van der Waals surface area contributed by atoms with E-state index in [9.17, 15) is 13.6 Å². The molecule has 0 fully saturated rings. The van der Waals surface area contributed by atoms with Gasteiger partial charge in [-0.1, -0.05) is 41.6 Å². The predicted molar refractivity (Wildman–Crippen MR) is 95.4 cm³/mol. The molecule has 1 aromatic heterocycles. The standard InChI is InChI=1S/C20H17F2NO5/c1-12-17(18(23-28-12)14-6-4-3-5-7-14)19(24)26-11-13-8-9-15(27-20(21)22)16(10-13)25-2/h3-10,20H,11H2,1-2H3. The molecule has 3 aromatic rings. The maximum atomic E-state index is 12.6. The van der Waals surface area contributed by atoms with E-state index < -0.39 is 12.6 Å². The molecule has 0 bridgehead atoms. The Kier molecular flexibility index (Phi) is 5.88. The van der Waals surface area contributed by atoms with Gasteiger partial charge in [-0.15, -0.1) is 0 Å². The number of hydrogen-bond donors (Lipinski definition) is 0. The molecular formula is C20H17F2NO5. The number of methoxy groups -OCH3 is 1. The van der Waals surface area contributed by atoms with Crippen molar-refractivity contribution in [1.29, 1.82) is 0 Å². The van der Waals surface area contributed by atoms with Crippen molar-refractivity contribution in [2.24, 2.45) is 0 Å². The van der Waals surface area contributed by atoms with Crippen LogP contribution in [0.25, 0.3) is 11.3 Å². The molecule has 0 N–H and O–H groups in total. The molecule has 6 nitrogen and oxygen atoms in total. The highest BCUT2D eigenvalue weighted by Crippen LogP contribution is 2.30. The highest BCUT2D eigenvalue weighted by molar-refractivity contribution is 5.97. The van der Waals surface area contributed by atoms with Gasteiger partial charge in [0.2, 0.25) is 0 Å². The lowest BCUT2D eigenvalue weighted by atomic mass is 10.1. The quantitative estimate of drug-likeness (QED) is 0.549. The largest absolute Gasteiger partial charge is 0.493 e. The average Bonchev–Trinajstić information content (AvgIpc) is 3.08. The van der Waals surface area contributed by atoms with Crippen LogP contribution in [0.4, 0.5) is 8.78 Å². The lowest BCUT2D eigenvalue weighted by Gasteiger charge is -2.11. The number of rotatable bonds is 7. The first kappa shape index (κ1) is 19.3. The molecule has 0 amide bonds. The van der Waals surface area contributed by atoms with E-state index >= 15 is 0 Å². The van der Waals surface area contributed by atoms with Gasteiger partial charge in [0.1, 0.15) is 23.6 Å². The van der Waals surface area contributed by atoms with E-state index in [0.717, 1.165) is 5.56 Å². The Morgan fingerprint density at radius 1 is 1.14 bits per heavy atom. The fourth-order valence-electron chi connectivity index (χ4n) is 2.62. The van der Waals surface area contributed by atoms with E-state index in [1.807, 2.05) is 18.2 Å². The number of esters is 1. The van der Waals surface area contributed by atoms with Gasteiger partial charge in [0.15, 0.2) is 11.5 Å². The summed E-state index contributed by atoms with van der Waals surface area (Å²) >= 11 is 0. The van der Waals surface area contributed by atoms with Crippen molar-refractivity contribution in [2.75, 3.05) is 7.11 Å². The van der Waals surface area contributed by atoms with Crippen molar-refractivity contribution in [2.45, 2.75) is 20.1 Å². The number of alkyl halides is 2. The number of carbonyl (C=O) groups is 1. The van der Waals surface area contributed by atoms with Gasteiger partial charge in [0, 0.05) is 5.56 Å². The summed E-state index contributed by atoms with van der Waals surface area (Å²) in [5.74, 6) is -0.264. The number of carbonyl (C=O) groups excluding carboxylic acids is 1. The molecule has 0 saturated carbocycles. The normalized spacial score (nSPS) is 10.8. The molecule has 0 aliphatic rings. The summed E-state index contributed by atoms with van der Waals surface area (Å²) in [6.07, 6.45) is 0. The van der Waals surface area contributed by atoms with E-state index in [2.05, 4.69) is 9.89 Å². The van der Waals surface area contributed by atoms with Gasteiger partial charge >= 0.3 is 12.6 Å². The first-order valence-electron chi connectivity index (χ1n) is 8.30. The van der Waals surface area contributed by atoms with E-state index in [4.69, 9.17) is 14.0 Å². The molecule has 0 spiro atoms. The second kappa shape index (κ2) is 8.51. The Balaban J connectivity index is 1.76. The summed E-state index contributed by atoms with van der Waals surface area (Å²) in [5.41, 5.74) is 1.89. The first-order valence-corrected chi connectivity index (χ1v) is 8.30. The molecule has 2 aromatic carbocycles. The van der Waals surface area contributed by atoms with Crippen molar-refractivity contribution in [1.82, 2.24) is 5.16 Å². The van der Waals surface area contributed by atoms with Gasteiger partial charge in [-0.25, -0.2) is 4.79 Å². The third-order valence-electron chi connectivity index (χ3n) is 3.93. The Bertz CT molecular complexity index is 956. The molecule has 0 saturated heterocycles. The lowest BCUT2D eigenvalue weighted by Crippen LogP contribution is -2.08. The van der Waals surface area contributed by atoms with Crippen LogP contribution in [0.3, 0.4) is 0 Å². The van der Waals surface area contributed by atoms with Crippen molar-refractivity contribution >= 4 is 5.97 Å². The maximum absolute atomic E-state index is 12.6. The van der Waals surface area contributed by atoms with Crippen LogP contribution >= 0.6 is 0 Å². The molecule has 0 atom stereocenters. The number of aryl methyl sites for hydroxylation is 1. The first-order chi connectivity index (χ1) is 13.5. The molecule has 8 heteroatoms. The van der Waals surface area contributed by atoms with Crippen molar-refractivity contribution in [3.8, 4) is 22.8 Å². The zero-order valence-electron chi connectivity index (χ0n) is 15.1. The smallest absolute Gasteiger partial charge is 0.387 e. The van der Waals surface area contributed by atoms with E-state index in [-0.39, 0.29) is 23.7 Å². The summed E-state index contributed by atoms with van der Waals surface area (Å²) in [4.78, 5) is 12.6. The van der Waals surface area contributed by atoms with Gasteiger partial charge < -0.3 is 18.7 Å². The molecule has 28 heavy (non-hydrogen) atoms. The second-order valence-corrected chi connectivity index (χ2v) is 5.77. The van der Waals surface area contributed by atoms with Gasteiger partial charge in [-0.05, 0) is 24.6 Å². The highest BCUT2D eigenvalue weighted by atomic mass is 19.3. The zero-order valence-corrected chi connectivity index (χ0v) is 15.1. The number of ether oxygens (including phenoxy) is 3. The van der Waals surface area contributed by atoms with Crippen LogP contribution in [0.5, 0.6) is 11.5 Å². The minimum Gasteiger partial charge on any atom is -0.493 e. The summed E-state index contributed by atoms with van der Waals surface area (Å²) < 4.78 is 44.7. The van der Waals surface area contributed by atoms with Gasteiger partial charge in [0.25, 0.3) is 0 Å². The van der Waals surface area contributed by atoms with E-state index in [1.165, 1.54) is 25.3 Å². The summed E-state index contributed by atoms with van der Waals surface area (Å²) in [5, 5.41) is 3.95. The molecule has 0 aliphatic heterocycles. The number of aromatic nitrogens is 1. The maximum Gasteiger partial charge on any atom is 0.387 e. The molecule has 0 aliphatic carbocycles. The lowest BCUT2D eigenvalue weighted by molar-refractivity contribution is -0.0512. The van der Waals surface area contributed by atoms with E-state index in [0.29, 0.717) is 17.0 Å². The van der Waals surface area contributed by atoms with Crippen LogP contribution in [0.1, 0.15) is 21.7 Å². The van der Waals surface area contributed by atoms with Crippen LogP contribution in [0.2, 0.25) is 0 Å². The minimum atomic E-state index is -2.97. The Morgan fingerprint density at radius 3 is 2.57 bits per heavy atom. The summed E-state index contributed by atoms with van der Waals surface area (Å²) in [6.45, 7) is -1.44. The SMILES string of the molecule is COc1cc(COC(=O)c2c(-c3ccccc3)noc2C)ccc1OC(F)F. The topological polar surface area (TPSA) is 70.8 Å². The van der Waals surface area contributed by atoms with Gasteiger partial charge in [-0.2, -0.15) is 8.78 Å². The Labute approximate surface area is 159 Å². The van der Waals surface area contributed by atoms with Crippen LogP contribution in [0.15, 0.2) is 53.1 Å². The van der Waals surface area contributed by atoms with Crippen molar-refractivity contribution in [3.05, 3.63) is 65.4 Å². The van der Waals surface area contributed by atoms with Crippen LogP contribution < -0.4 is 9.47 Å². The average molecular weight is 389 g/mol. The van der Waals surface area contributed by atoms with Gasteiger partial charge in [-0.3, -0.25) is 0 Å². The van der Waals surface area contributed by atoms with Crippen molar-refractivity contribution in [3.63, 3.8) is 0 Å². The fourth-order valence-corrected chi connectivity index (χ4v) is 2.62. The number of nitrogens with zero attached hydrogens (tertiary/aromatic N) is 1. The zero-order chi connectivity index (χ0) is 20.1. The fraction of sp³-hybridized carbons (Fsp3) is 0.200. The van der Waals surface area contributed by atoms with Crippen LogP contribution in [-0.4, -0.2) is 24.8 Å². The Morgan fingerprint density at radius 2 is 1.89 bits per heavy atom. The van der Waals surface area contributed by atoms with Crippen LogP contribution in [-0.2, 0) is 11.3 Å². The number of benzene rings is 2. The number of hydrogen-bond acceptors (Lipinski definition) is 6. The summed E-state index contributed by atoms with van der Waals surface area (Å²) in [7, 11) is 1.33. The van der Waals surface area contributed by atoms with Gasteiger partial charge in [0.05, 0.1) is 7.11 Å². The molecule has 146 valence electrons. The third kappa shape index (κ3) is 4.28.